The van der Waals surface area contributed by atoms with E-state index in [0.717, 1.165) is 11.4 Å². The highest BCUT2D eigenvalue weighted by Crippen LogP contribution is 2.21. The Balaban J connectivity index is 1.38. The molecule has 1 saturated heterocycles. The van der Waals surface area contributed by atoms with E-state index in [1.807, 2.05) is 35.2 Å². The third kappa shape index (κ3) is 4.63. The van der Waals surface area contributed by atoms with Crippen LogP contribution in [0.1, 0.15) is 10.4 Å². The van der Waals surface area contributed by atoms with Gasteiger partial charge in [-0.25, -0.2) is 4.98 Å². The molecular formula is C22H22ClN5O2. The summed E-state index contributed by atoms with van der Waals surface area (Å²) in [6, 6.07) is 16.5. The Kier molecular flexibility index (Phi) is 5.99. The summed E-state index contributed by atoms with van der Waals surface area (Å²) in [6.07, 6.45) is 1.73. The molecule has 0 bridgehead atoms. The fraction of sp³-hybridized carbons (Fsp3) is 0.227. The van der Waals surface area contributed by atoms with Crippen LogP contribution in [0.3, 0.4) is 0 Å². The Bertz CT molecular complexity index is 1020. The number of rotatable bonds is 5. The summed E-state index contributed by atoms with van der Waals surface area (Å²) in [6.45, 7) is 2.53. The number of benzene rings is 2. The summed E-state index contributed by atoms with van der Waals surface area (Å²) in [5.41, 5.74) is 1.52. The smallest absolute Gasteiger partial charge is 0.254 e. The maximum absolute atomic E-state index is 12.7. The van der Waals surface area contributed by atoms with Crippen LogP contribution in [0.15, 0.2) is 60.8 Å². The highest BCUT2D eigenvalue weighted by atomic mass is 35.5. The van der Waals surface area contributed by atoms with Gasteiger partial charge in [-0.1, -0.05) is 17.7 Å². The third-order valence-electron chi connectivity index (χ3n) is 4.93. The fourth-order valence-electron chi connectivity index (χ4n) is 3.31. The zero-order valence-corrected chi connectivity index (χ0v) is 17.3. The van der Waals surface area contributed by atoms with Gasteiger partial charge in [-0.15, -0.1) is 0 Å². The van der Waals surface area contributed by atoms with Crippen LogP contribution < -0.4 is 15.0 Å². The zero-order valence-electron chi connectivity index (χ0n) is 16.6. The van der Waals surface area contributed by atoms with Crippen LogP contribution in [0.2, 0.25) is 5.02 Å². The molecular weight excluding hydrogens is 402 g/mol. The second kappa shape index (κ2) is 9.00. The average Bonchev–Trinajstić information content (AvgIpc) is 2.79. The van der Waals surface area contributed by atoms with Crippen molar-refractivity contribution in [1.29, 1.82) is 0 Å². The number of carbonyl (C=O) groups excluding carboxylic acids is 1. The minimum Gasteiger partial charge on any atom is -0.497 e. The summed E-state index contributed by atoms with van der Waals surface area (Å²) in [7, 11) is 1.64. The van der Waals surface area contributed by atoms with Crippen LogP contribution in [0.4, 0.5) is 17.5 Å². The molecule has 154 valence electrons. The molecule has 4 rings (SSSR count). The van der Waals surface area contributed by atoms with Crippen molar-refractivity contribution in [1.82, 2.24) is 14.9 Å². The van der Waals surface area contributed by atoms with Gasteiger partial charge in [-0.3, -0.25) is 4.79 Å². The minimum atomic E-state index is -0.00649. The number of hydrogen-bond acceptors (Lipinski definition) is 6. The number of nitrogens with one attached hydrogen (secondary N) is 1. The standard InChI is InChI=1S/C22H22ClN5O2/c1-30-19-7-5-18(6-8-19)25-20-9-10-24-22(26-20)28-13-11-27(12-14-28)21(29)16-3-2-4-17(23)15-16/h2-10,15H,11-14H2,1H3,(H,24,25,26). The molecule has 8 heteroatoms. The van der Waals surface area contributed by atoms with Crippen molar-refractivity contribution in [2.75, 3.05) is 43.5 Å². The molecule has 2 aromatic carbocycles. The first-order valence-corrected chi connectivity index (χ1v) is 10.0. The number of ether oxygens (including phenoxy) is 1. The Labute approximate surface area is 180 Å². The Morgan fingerprint density at radius 1 is 1.07 bits per heavy atom. The molecule has 1 fully saturated rings. The van der Waals surface area contributed by atoms with Crippen LogP contribution in [0.25, 0.3) is 0 Å². The van der Waals surface area contributed by atoms with E-state index in [-0.39, 0.29) is 5.91 Å². The lowest BCUT2D eigenvalue weighted by molar-refractivity contribution is 0.0746. The van der Waals surface area contributed by atoms with Gasteiger partial charge < -0.3 is 19.9 Å². The van der Waals surface area contributed by atoms with E-state index >= 15 is 0 Å². The summed E-state index contributed by atoms with van der Waals surface area (Å²) >= 11 is 6.01. The maximum atomic E-state index is 12.7. The van der Waals surface area contributed by atoms with Gasteiger partial charge in [-0.05, 0) is 48.5 Å². The van der Waals surface area contributed by atoms with E-state index in [1.165, 1.54) is 0 Å². The first-order chi connectivity index (χ1) is 14.6. The Hall–Kier alpha value is -3.32. The highest BCUT2D eigenvalue weighted by molar-refractivity contribution is 6.30. The molecule has 0 saturated carbocycles. The number of hydrogen-bond donors (Lipinski definition) is 1. The molecule has 2 heterocycles. The molecule has 0 aliphatic carbocycles. The molecule has 7 nitrogen and oxygen atoms in total. The maximum Gasteiger partial charge on any atom is 0.254 e. The molecule has 1 aromatic heterocycles. The Morgan fingerprint density at radius 2 is 1.83 bits per heavy atom. The first-order valence-electron chi connectivity index (χ1n) is 9.66. The second-order valence-corrected chi connectivity index (χ2v) is 7.32. The van der Waals surface area contributed by atoms with Crippen molar-refractivity contribution < 1.29 is 9.53 Å². The monoisotopic (exact) mass is 423 g/mol. The van der Waals surface area contributed by atoms with Crippen molar-refractivity contribution in [2.45, 2.75) is 0 Å². The van der Waals surface area contributed by atoms with Gasteiger partial charge in [0, 0.05) is 48.6 Å². The number of methoxy groups -OCH3 is 1. The average molecular weight is 424 g/mol. The van der Waals surface area contributed by atoms with Crippen LogP contribution in [-0.4, -0.2) is 54.1 Å². The van der Waals surface area contributed by atoms with Gasteiger partial charge in [0.25, 0.3) is 5.91 Å². The van der Waals surface area contributed by atoms with Gasteiger partial charge in [0.1, 0.15) is 11.6 Å². The van der Waals surface area contributed by atoms with Crippen molar-refractivity contribution in [3.63, 3.8) is 0 Å². The first kappa shape index (κ1) is 20.0. The van der Waals surface area contributed by atoms with Crippen molar-refractivity contribution >= 4 is 35.0 Å². The van der Waals surface area contributed by atoms with Crippen LogP contribution in [-0.2, 0) is 0 Å². The largest absolute Gasteiger partial charge is 0.497 e. The summed E-state index contributed by atoms with van der Waals surface area (Å²) in [4.78, 5) is 25.6. The molecule has 0 radical (unpaired) electrons. The van der Waals surface area contributed by atoms with E-state index in [4.69, 9.17) is 16.3 Å². The van der Waals surface area contributed by atoms with E-state index < -0.39 is 0 Å². The number of piperazine rings is 1. The molecule has 0 atom stereocenters. The quantitative estimate of drug-likeness (QED) is 0.672. The Morgan fingerprint density at radius 3 is 2.53 bits per heavy atom. The highest BCUT2D eigenvalue weighted by Gasteiger charge is 2.23. The van der Waals surface area contributed by atoms with Crippen molar-refractivity contribution in [3.05, 3.63) is 71.4 Å². The second-order valence-electron chi connectivity index (χ2n) is 6.88. The predicted octanol–water partition coefficient (Wildman–Crippen LogP) is 3.84. The molecule has 1 aliphatic rings. The van der Waals surface area contributed by atoms with Crippen molar-refractivity contribution in [3.8, 4) is 5.75 Å². The third-order valence-corrected chi connectivity index (χ3v) is 5.16. The van der Waals surface area contributed by atoms with Crippen LogP contribution in [0, 0.1) is 0 Å². The molecule has 30 heavy (non-hydrogen) atoms. The summed E-state index contributed by atoms with van der Waals surface area (Å²) in [5, 5.41) is 3.84. The summed E-state index contributed by atoms with van der Waals surface area (Å²) in [5.74, 6) is 2.15. The van der Waals surface area contributed by atoms with Crippen LogP contribution >= 0.6 is 11.6 Å². The molecule has 0 spiro atoms. The van der Waals surface area contributed by atoms with E-state index in [0.29, 0.717) is 48.5 Å². The fourth-order valence-corrected chi connectivity index (χ4v) is 3.50. The van der Waals surface area contributed by atoms with Gasteiger partial charge in [0.2, 0.25) is 5.95 Å². The molecule has 3 aromatic rings. The SMILES string of the molecule is COc1ccc(Nc2ccnc(N3CCN(C(=O)c4cccc(Cl)c4)CC3)n2)cc1. The van der Waals surface area contributed by atoms with Gasteiger partial charge in [0.15, 0.2) is 0 Å². The van der Waals surface area contributed by atoms with Crippen molar-refractivity contribution in [2.24, 2.45) is 0 Å². The number of nitrogens with zero attached hydrogens (tertiary/aromatic N) is 4. The number of anilines is 3. The lowest BCUT2D eigenvalue weighted by Crippen LogP contribution is -2.49. The van der Waals surface area contributed by atoms with E-state index in [2.05, 4.69) is 20.2 Å². The van der Waals surface area contributed by atoms with E-state index in [9.17, 15) is 4.79 Å². The zero-order chi connectivity index (χ0) is 20.9. The number of aromatic nitrogens is 2. The van der Waals surface area contributed by atoms with Gasteiger partial charge >= 0.3 is 0 Å². The normalized spacial score (nSPS) is 13.8. The number of halogens is 1. The topological polar surface area (TPSA) is 70.6 Å². The lowest BCUT2D eigenvalue weighted by atomic mass is 10.2. The predicted molar refractivity (Wildman–Crippen MR) is 118 cm³/mol. The molecule has 1 N–H and O–H groups in total. The van der Waals surface area contributed by atoms with Crippen LogP contribution in [0.5, 0.6) is 5.75 Å². The molecule has 1 amide bonds. The molecule has 1 aliphatic heterocycles. The molecule has 0 unspecified atom stereocenters. The summed E-state index contributed by atoms with van der Waals surface area (Å²) < 4.78 is 5.18. The van der Waals surface area contributed by atoms with E-state index in [1.54, 1.807) is 37.6 Å². The number of carbonyl (C=O) groups is 1. The number of amides is 1. The van der Waals surface area contributed by atoms with Gasteiger partial charge in [0.05, 0.1) is 7.11 Å². The minimum absolute atomic E-state index is 0.00649. The lowest BCUT2D eigenvalue weighted by Gasteiger charge is -2.34. The van der Waals surface area contributed by atoms with Gasteiger partial charge in [-0.2, -0.15) is 4.98 Å².